The van der Waals surface area contributed by atoms with E-state index < -0.39 is 5.82 Å². The molecule has 106 valence electrons. The molecule has 1 heterocycles. The van der Waals surface area contributed by atoms with Crippen LogP contribution in [0, 0.1) is 5.82 Å². The Labute approximate surface area is 128 Å². The Hall–Kier alpha value is -2.14. The van der Waals surface area contributed by atoms with Crippen LogP contribution in [0.25, 0.3) is 11.0 Å². The third-order valence-corrected chi connectivity index (χ3v) is 3.45. The van der Waals surface area contributed by atoms with Crippen molar-refractivity contribution >= 4 is 32.7 Å². The van der Waals surface area contributed by atoms with E-state index in [4.69, 9.17) is 9.15 Å². The summed E-state index contributed by atoms with van der Waals surface area (Å²) in [6.07, 6.45) is 0. The topological polar surface area (TPSA) is 39.4 Å². The minimum Gasteiger partial charge on any atom is -0.482 e. The molecule has 0 N–H and O–H groups in total. The van der Waals surface area contributed by atoms with Gasteiger partial charge in [-0.05, 0) is 30.3 Å². The quantitative estimate of drug-likeness (QED) is 0.647. The number of hydrogen-bond donors (Lipinski definition) is 0. The van der Waals surface area contributed by atoms with Gasteiger partial charge in [0.2, 0.25) is 5.78 Å². The highest BCUT2D eigenvalue weighted by Gasteiger charge is 2.14. The van der Waals surface area contributed by atoms with Gasteiger partial charge in [0.15, 0.2) is 23.9 Å². The lowest BCUT2D eigenvalue weighted by Crippen LogP contribution is -2.11. The van der Waals surface area contributed by atoms with Crippen LogP contribution >= 0.6 is 15.9 Å². The van der Waals surface area contributed by atoms with Gasteiger partial charge in [-0.3, -0.25) is 4.79 Å². The number of rotatable bonds is 4. The number of para-hydroxylation sites is 1. The zero-order valence-electron chi connectivity index (χ0n) is 10.8. The van der Waals surface area contributed by atoms with Crippen molar-refractivity contribution in [3.8, 4) is 5.75 Å². The van der Waals surface area contributed by atoms with Crippen LogP contribution in [0.4, 0.5) is 4.39 Å². The predicted octanol–water partition coefficient (Wildman–Crippen LogP) is 4.60. The molecule has 0 radical (unpaired) electrons. The highest BCUT2D eigenvalue weighted by molar-refractivity contribution is 9.10. The van der Waals surface area contributed by atoms with Crippen LogP contribution in [-0.2, 0) is 0 Å². The van der Waals surface area contributed by atoms with E-state index in [9.17, 15) is 9.18 Å². The Bertz CT molecular complexity index is 777. The zero-order valence-corrected chi connectivity index (χ0v) is 12.4. The van der Waals surface area contributed by atoms with Gasteiger partial charge in [-0.15, -0.1) is 0 Å². The summed E-state index contributed by atoms with van der Waals surface area (Å²) in [4.78, 5) is 12.0. The van der Waals surface area contributed by atoms with E-state index in [1.807, 2.05) is 18.2 Å². The molecule has 0 amide bonds. The van der Waals surface area contributed by atoms with E-state index in [-0.39, 0.29) is 23.9 Å². The molecule has 21 heavy (non-hydrogen) atoms. The molecular weight excluding hydrogens is 339 g/mol. The van der Waals surface area contributed by atoms with Crippen molar-refractivity contribution < 1.29 is 18.3 Å². The number of ether oxygens (including phenoxy) is 1. The normalized spacial score (nSPS) is 10.8. The van der Waals surface area contributed by atoms with Gasteiger partial charge in [-0.1, -0.05) is 34.1 Å². The van der Waals surface area contributed by atoms with Crippen molar-refractivity contribution in [3.63, 3.8) is 0 Å². The van der Waals surface area contributed by atoms with Crippen LogP contribution < -0.4 is 4.74 Å². The number of carbonyl (C=O) groups excluding carboxylic acids is 1. The monoisotopic (exact) mass is 348 g/mol. The lowest BCUT2D eigenvalue weighted by Gasteiger charge is -2.05. The van der Waals surface area contributed by atoms with E-state index in [1.165, 1.54) is 12.1 Å². The molecule has 3 aromatic rings. The average molecular weight is 349 g/mol. The minimum atomic E-state index is -0.518. The van der Waals surface area contributed by atoms with Gasteiger partial charge < -0.3 is 9.15 Å². The number of ketones is 1. The van der Waals surface area contributed by atoms with Crippen LogP contribution in [0.2, 0.25) is 0 Å². The molecule has 0 aliphatic rings. The van der Waals surface area contributed by atoms with Crippen molar-refractivity contribution in [2.24, 2.45) is 0 Å². The molecule has 0 bridgehead atoms. The summed E-state index contributed by atoms with van der Waals surface area (Å²) in [7, 11) is 0. The van der Waals surface area contributed by atoms with E-state index >= 15 is 0 Å². The number of Topliss-reactive ketones (excluding diaryl/α,β-unsaturated/α-hetero) is 1. The van der Waals surface area contributed by atoms with Gasteiger partial charge in [0, 0.05) is 9.86 Å². The highest BCUT2D eigenvalue weighted by atomic mass is 79.9. The van der Waals surface area contributed by atoms with Gasteiger partial charge >= 0.3 is 0 Å². The molecule has 0 saturated carbocycles. The third-order valence-electron chi connectivity index (χ3n) is 2.95. The molecule has 0 saturated heterocycles. The molecule has 2 aromatic carbocycles. The van der Waals surface area contributed by atoms with Gasteiger partial charge in [0.1, 0.15) is 5.58 Å². The van der Waals surface area contributed by atoms with Gasteiger partial charge in [-0.25, -0.2) is 4.39 Å². The van der Waals surface area contributed by atoms with E-state index in [0.717, 1.165) is 5.39 Å². The third kappa shape index (κ3) is 2.97. The first-order valence-corrected chi connectivity index (χ1v) is 7.02. The van der Waals surface area contributed by atoms with Crippen LogP contribution in [0.15, 0.2) is 57.4 Å². The van der Waals surface area contributed by atoms with E-state index in [2.05, 4.69) is 15.9 Å². The second-order valence-electron chi connectivity index (χ2n) is 4.44. The second kappa shape index (κ2) is 5.69. The zero-order chi connectivity index (χ0) is 14.8. The molecule has 0 aliphatic heterocycles. The smallest absolute Gasteiger partial charge is 0.235 e. The summed E-state index contributed by atoms with van der Waals surface area (Å²) < 4.78 is 24.8. The molecule has 3 nitrogen and oxygen atoms in total. The Balaban J connectivity index is 1.75. The van der Waals surface area contributed by atoms with E-state index in [0.29, 0.717) is 10.1 Å². The highest BCUT2D eigenvalue weighted by Crippen LogP contribution is 2.23. The fourth-order valence-electron chi connectivity index (χ4n) is 1.92. The maximum atomic E-state index is 13.5. The molecule has 0 aliphatic carbocycles. The van der Waals surface area contributed by atoms with Crippen LogP contribution in [0.1, 0.15) is 10.6 Å². The van der Waals surface area contributed by atoms with Crippen LogP contribution in [-0.4, -0.2) is 12.4 Å². The molecule has 0 unspecified atom stereocenters. The summed E-state index contributed by atoms with van der Waals surface area (Å²) in [6.45, 7) is -0.285. The van der Waals surface area contributed by atoms with Gasteiger partial charge in [0.25, 0.3) is 0 Å². The Morgan fingerprint density at radius 2 is 2.00 bits per heavy atom. The van der Waals surface area contributed by atoms with Crippen molar-refractivity contribution in [3.05, 3.63) is 64.6 Å². The standard InChI is InChI=1S/C16H10BrFO3/c17-11-5-6-12(18)15(8-11)20-9-13(19)16-7-10-3-1-2-4-14(10)21-16/h1-8H,9H2. The molecular formula is C16H10BrFO3. The Morgan fingerprint density at radius 1 is 1.19 bits per heavy atom. The lowest BCUT2D eigenvalue weighted by atomic mass is 10.2. The maximum absolute atomic E-state index is 13.5. The first-order valence-electron chi connectivity index (χ1n) is 6.23. The van der Waals surface area contributed by atoms with Gasteiger partial charge in [0.05, 0.1) is 0 Å². The summed E-state index contributed by atoms with van der Waals surface area (Å²) in [5.41, 5.74) is 0.634. The number of halogens is 2. The molecule has 1 aromatic heterocycles. The Morgan fingerprint density at radius 3 is 2.81 bits per heavy atom. The number of benzene rings is 2. The lowest BCUT2D eigenvalue weighted by molar-refractivity contribution is 0.0893. The van der Waals surface area contributed by atoms with Crippen molar-refractivity contribution in [2.75, 3.05) is 6.61 Å². The SMILES string of the molecule is O=C(COc1cc(Br)ccc1F)c1cc2ccccc2o1. The summed E-state index contributed by atoms with van der Waals surface area (Å²) in [5, 5.41) is 0.842. The van der Waals surface area contributed by atoms with E-state index in [1.54, 1.807) is 18.2 Å². The molecule has 0 fully saturated rings. The molecule has 0 atom stereocenters. The van der Waals surface area contributed by atoms with Gasteiger partial charge in [-0.2, -0.15) is 0 Å². The maximum Gasteiger partial charge on any atom is 0.235 e. The summed E-state index contributed by atoms with van der Waals surface area (Å²) in [5.74, 6) is -0.637. The number of furan rings is 1. The number of carbonyl (C=O) groups is 1. The summed E-state index contributed by atoms with van der Waals surface area (Å²) >= 11 is 3.22. The fraction of sp³-hybridized carbons (Fsp3) is 0.0625. The largest absolute Gasteiger partial charge is 0.482 e. The minimum absolute atomic E-state index is 0.0221. The average Bonchev–Trinajstić information content (AvgIpc) is 2.92. The first kappa shape index (κ1) is 13.8. The first-order chi connectivity index (χ1) is 10.1. The van der Waals surface area contributed by atoms with Crippen molar-refractivity contribution in [1.82, 2.24) is 0 Å². The van der Waals surface area contributed by atoms with Crippen LogP contribution in [0.5, 0.6) is 5.75 Å². The molecule has 3 rings (SSSR count). The van der Waals surface area contributed by atoms with Crippen LogP contribution in [0.3, 0.4) is 0 Å². The number of fused-ring (bicyclic) bond motifs is 1. The second-order valence-corrected chi connectivity index (χ2v) is 5.35. The predicted molar refractivity (Wildman–Crippen MR) is 80.1 cm³/mol. The number of hydrogen-bond acceptors (Lipinski definition) is 3. The molecule has 5 heteroatoms. The summed E-state index contributed by atoms with van der Waals surface area (Å²) in [6, 6.07) is 13.3. The van der Waals surface area contributed by atoms with Crippen molar-refractivity contribution in [2.45, 2.75) is 0 Å². The molecule has 0 spiro atoms. The Kier molecular flexibility index (Phi) is 3.75. The van der Waals surface area contributed by atoms with Crippen molar-refractivity contribution in [1.29, 1.82) is 0 Å². The fourth-order valence-corrected chi connectivity index (χ4v) is 2.26.